The number of hydrogen-bond donors (Lipinski definition) is 0. The number of hydrogen-bond acceptors (Lipinski definition) is 5. The molecule has 0 unspecified atom stereocenters. The molecular weight excluding hydrogens is 449 g/mol. The number of morpholine rings is 1. The Labute approximate surface area is 185 Å². The summed E-state index contributed by atoms with van der Waals surface area (Å²) < 4.78 is 40.4. The maximum Gasteiger partial charge on any atom is 0.243 e. The van der Waals surface area contributed by atoms with Gasteiger partial charge >= 0.3 is 0 Å². The number of halogens is 2. The minimum absolute atomic E-state index is 0.175. The summed E-state index contributed by atoms with van der Waals surface area (Å²) in [5.74, 6) is 1.14. The van der Waals surface area contributed by atoms with E-state index in [2.05, 4.69) is 4.98 Å². The van der Waals surface area contributed by atoms with Crippen LogP contribution in [0.15, 0.2) is 41.3 Å². The Morgan fingerprint density at radius 1 is 1.13 bits per heavy atom. The van der Waals surface area contributed by atoms with Gasteiger partial charge in [-0.25, -0.2) is 13.4 Å². The number of aryl methyl sites for hydroxylation is 1. The zero-order valence-corrected chi connectivity index (χ0v) is 18.7. The Kier molecular flexibility index (Phi) is 6.22. The van der Waals surface area contributed by atoms with Gasteiger partial charge in [0, 0.05) is 30.7 Å². The summed E-state index contributed by atoms with van der Waals surface area (Å²) in [5, 5.41) is 0.980. The Hall–Kier alpha value is -1.84. The lowest BCUT2D eigenvalue weighted by Crippen LogP contribution is -2.40. The molecule has 0 aliphatic carbocycles. The smallest absolute Gasteiger partial charge is 0.243 e. The van der Waals surface area contributed by atoms with Gasteiger partial charge in [-0.15, -0.1) is 0 Å². The molecule has 1 aliphatic heterocycles. The molecule has 1 aliphatic rings. The molecule has 10 heteroatoms. The van der Waals surface area contributed by atoms with E-state index in [-0.39, 0.29) is 11.5 Å². The summed E-state index contributed by atoms with van der Waals surface area (Å²) >= 11 is 12.2. The van der Waals surface area contributed by atoms with E-state index in [1.807, 2.05) is 11.5 Å². The van der Waals surface area contributed by atoms with Crippen LogP contribution < -0.4 is 4.74 Å². The molecule has 1 fully saturated rings. The molecule has 0 saturated carbocycles. The largest absolute Gasteiger partial charge is 0.484 e. The van der Waals surface area contributed by atoms with Gasteiger partial charge in [0.05, 0.1) is 34.2 Å². The number of aromatic nitrogens is 2. The van der Waals surface area contributed by atoms with Gasteiger partial charge < -0.3 is 14.0 Å². The first-order chi connectivity index (χ1) is 14.4. The van der Waals surface area contributed by atoms with Crippen LogP contribution in [0.3, 0.4) is 0 Å². The first-order valence-corrected chi connectivity index (χ1v) is 11.7. The van der Waals surface area contributed by atoms with E-state index in [1.165, 1.54) is 4.31 Å². The second-order valence-corrected chi connectivity index (χ2v) is 9.58. The summed E-state index contributed by atoms with van der Waals surface area (Å²) in [4.78, 5) is 4.85. The maximum absolute atomic E-state index is 13.0. The Balaban J connectivity index is 1.64. The van der Waals surface area contributed by atoms with Crippen LogP contribution in [0.4, 0.5) is 0 Å². The van der Waals surface area contributed by atoms with Crippen molar-refractivity contribution in [1.29, 1.82) is 0 Å². The van der Waals surface area contributed by atoms with Crippen molar-refractivity contribution in [2.24, 2.45) is 0 Å². The molecule has 0 bridgehead atoms. The van der Waals surface area contributed by atoms with Crippen molar-refractivity contribution in [3.8, 4) is 5.75 Å². The van der Waals surface area contributed by atoms with E-state index >= 15 is 0 Å². The SMILES string of the molecule is CCn1c(COc2cc(Cl)ccc2Cl)nc2cc(S(=O)(=O)N3CCOCC3)ccc21. The highest BCUT2D eigenvalue weighted by molar-refractivity contribution is 7.89. The summed E-state index contributed by atoms with van der Waals surface area (Å²) in [6.45, 7) is 4.34. The van der Waals surface area contributed by atoms with Crippen molar-refractivity contribution in [1.82, 2.24) is 13.9 Å². The zero-order valence-electron chi connectivity index (χ0n) is 16.3. The predicted molar refractivity (Wildman–Crippen MR) is 116 cm³/mol. The van der Waals surface area contributed by atoms with Crippen LogP contribution in [0.5, 0.6) is 5.75 Å². The van der Waals surface area contributed by atoms with E-state index in [0.717, 1.165) is 5.52 Å². The van der Waals surface area contributed by atoms with E-state index in [9.17, 15) is 8.42 Å². The minimum Gasteiger partial charge on any atom is -0.484 e. The van der Waals surface area contributed by atoms with Crippen molar-refractivity contribution in [2.45, 2.75) is 25.0 Å². The van der Waals surface area contributed by atoms with Crippen molar-refractivity contribution in [3.63, 3.8) is 0 Å². The highest BCUT2D eigenvalue weighted by Gasteiger charge is 2.27. The molecule has 0 atom stereocenters. The molecule has 0 amide bonds. The molecule has 2 heterocycles. The van der Waals surface area contributed by atoms with E-state index < -0.39 is 10.0 Å². The zero-order chi connectivity index (χ0) is 21.3. The molecule has 0 spiro atoms. The van der Waals surface area contributed by atoms with Crippen LogP contribution >= 0.6 is 23.2 Å². The quantitative estimate of drug-likeness (QED) is 0.545. The third-order valence-electron chi connectivity index (χ3n) is 4.97. The lowest BCUT2D eigenvalue weighted by molar-refractivity contribution is 0.0730. The van der Waals surface area contributed by atoms with Gasteiger partial charge in [-0.2, -0.15) is 4.31 Å². The van der Waals surface area contributed by atoms with Gasteiger partial charge in [0.25, 0.3) is 0 Å². The molecule has 7 nitrogen and oxygen atoms in total. The number of sulfonamides is 1. The van der Waals surface area contributed by atoms with Crippen LogP contribution in [0.2, 0.25) is 10.0 Å². The first kappa shape index (κ1) is 21.4. The molecule has 30 heavy (non-hydrogen) atoms. The topological polar surface area (TPSA) is 73.7 Å². The molecule has 0 radical (unpaired) electrons. The molecular formula is C20H21Cl2N3O4S. The van der Waals surface area contributed by atoms with Crippen molar-refractivity contribution >= 4 is 44.3 Å². The summed E-state index contributed by atoms with van der Waals surface area (Å²) in [5.41, 5.74) is 1.44. The number of rotatable bonds is 6. The highest BCUT2D eigenvalue weighted by Crippen LogP contribution is 2.29. The predicted octanol–water partition coefficient (Wildman–Crippen LogP) is 3.96. The van der Waals surface area contributed by atoms with E-state index in [1.54, 1.807) is 36.4 Å². The third-order valence-corrected chi connectivity index (χ3v) is 7.41. The van der Waals surface area contributed by atoms with Gasteiger partial charge in [-0.1, -0.05) is 23.2 Å². The monoisotopic (exact) mass is 469 g/mol. The Morgan fingerprint density at radius 2 is 1.90 bits per heavy atom. The van der Waals surface area contributed by atoms with Crippen LogP contribution in [-0.2, 0) is 27.9 Å². The van der Waals surface area contributed by atoms with Crippen LogP contribution in [0.1, 0.15) is 12.7 Å². The van der Waals surface area contributed by atoms with Crippen LogP contribution in [-0.4, -0.2) is 48.6 Å². The molecule has 2 aromatic carbocycles. The van der Waals surface area contributed by atoms with Gasteiger partial charge in [0.1, 0.15) is 18.2 Å². The number of ether oxygens (including phenoxy) is 2. The summed E-state index contributed by atoms with van der Waals surface area (Å²) in [6.07, 6.45) is 0. The summed E-state index contributed by atoms with van der Waals surface area (Å²) in [6, 6.07) is 10.0. The van der Waals surface area contributed by atoms with Gasteiger partial charge in [0.15, 0.2) is 0 Å². The standard InChI is InChI=1S/C20H21Cl2N3O4S/c1-2-25-18-6-4-15(30(26,27)24-7-9-28-10-8-24)12-17(18)23-20(25)13-29-19-11-14(21)3-5-16(19)22/h3-6,11-12H,2,7-10,13H2,1H3. The average Bonchev–Trinajstić information content (AvgIpc) is 3.11. The fourth-order valence-corrected chi connectivity index (χ4v) is 5.21. The average molecular weight is 470 g/mol. The first-order valence-electron chi connectivity index (χ1n) is 9.55. The minimum atomic E-state index is -3.59. The number of nitrogens with zero attached hydrogens (tertiary/aromatic N) is 3. The second-order valence-electron chi connectivity index (χ2n) is 6.80. The van der Waals surface area contributed by atoms with Gasteiger partial charge in [-0.3, -0.25) is 0 Å². The van der Waals surface area contributed by atoms with Crippen LogP contribution in [0.25, 0.3) is 11.0 Å². The molecule has 3 aromatic rings. The van der Waals surface area contributed by atoms with Crippen molar-refractivity contribution in [3.05, 3.63) is 52.3 Å². The molecule has 1 aromatic heterocycles. The third kappa shape index (κ3) is 4.15. The van der Waals surface area contributed by atoms with E-state index in [0.29, 0.717) is 60.0 Å². The molecule has 160 valence electrons. The Bertz CT molecular complexity index is 1170. The molecule has 4 rings (SSSR count). The highest BCUT2D eigenvalue weighted by atomic mass is 35.5. The fraction of sp³-hybridized carbons (Fsp3) is 0.350. The maximum atomic E-state index is 13.0. The van der Waals surface area contributed by atoms with Crippen molar-refractivity contribution < 1.29 is 17.9 Å². The van der Waals surface area contributed by atoms with Crippen LogP contribution in [0, 0.1) is 0 Å². The number of fused-ring (bicyclic) bond motifs is 1. The second kappa shape index (κ2) is 8.72. The lowest BCUT2D eigenvalue weighted by Gasteiger charge is -2.26. The Morgan fingerprint density at radius 3 is 2.63 bits per heavy atom. The van der Waals surface area contributed by atoms with Crippen molar-refractivity contribution in [2.75, 3.05) is 26.3 Å². The summed E-state index contributed by atoms with van der Waals surface area (Å²) in [7, 11) is -3.59. The molecule has 0 N–H and O–H groups in total. The van der Waals surface area contributed by atoms with Gasteiger partial charge in [0.2, 0.25) is 10.0 Å². The van der Waals surface area contributed by atoms with E-state index in [4.69, 9.17) is 32.7 Å². The number of benzene rings is 2. The fourth-order valence-electron chi connectivity index (χ4n) is 3.45. The lowest BCUT2D eigenvalue weighted by atomic mass is 10.3. The normalized spacial score (nSPS) is 15.6. The molecule has 1 saturated heterocycles. The van der Waals surface area contributed by atoms with Gasteiger partial charge in [-0.05, 0) is 37.3 Å². The number of imidazole rings is 1.